The molecule has 1 saturated heterocycles. The van der Waals surface area contributed by atoms with E-state index in [1.807, 2.05) is 20.8 Å². The van der Waals surface area contributed by atoms with Crippen molar-refractivity contribution in [3.63, 3.8) is 0 Å². The maximum Gasteiger partial charge on any atom is 0.225 e. The molecule has 0 bridgehead atoms. The predicted molar refractivity (Wildman–Crippen MR) is 73.3 cm³/mol. The number of hydrogen-bond acceptors (Lipinski definition) is 3. The van der Waals surface area contributed by atoms with E-state index in [1.54, 1.807) is 4.90 Å². The first-order chi connectivity index (χ1) is 8.79. The fourth-order valence-corrected chi connectivity index (χ4v) is 2.59. The van der Waals surface area contributed by atoms with Crippen LogP contribution in [0.3, 0.4) is 0 Å². The number of amides is 2. The van der Waals surface area contributed by atoms with Crippen LogP contribution in [0.25, 0.3) is 0 Å². The van der Waals surface area contributed by atoms with Gasteiger partial charge in [-0.2, -0.15) is 0 Å². The van der Waals surface area contributed by atoms with E-state index in [0.29, 0.717) is 25.4 Å². The number of nitrogens with one attached hydrogen (secondary N) is 1. The van der Waals surface area contributed by atoms with Gasteiger partial charge in [0.25, 0.3) is 0 Å². The highest BCUT2D eigenvalue weighted by Crippen LogP contribution is 2.31. The van der Waals surface area contributed by atoms with Gasteiger partial charge in [-0.25, -0.2) is 0 Å². The van der Waals surface area contributed by atoms with E-state index in [9.17, 15) is 9.59 Å². The van der Waals surface area contributed by atoms with Crippen molar-refractivity contribution in [1.29, 1.82) is 0 Å². The molecule has 2 unspecified atom stereocenters. The van der Waals surface area contributed by atoms with E-state index in [-0.39, 0.29) is 29.3 Å². The number of carbonyl (C=O) groups is 2. The number of likely N-dealkylation sites (tertiary alicyclic amines) is 1. The highest BCUT2D eigenvalue weighted by molar-refractivity contribution is 5.89. The summed E-state index contributed by atoms with van der Waals surface area (Å²) in [6, 6.07) is 0.0692. The Labute approximate surface area is 114 Å². The molecule has 0 aromatic carbocycles. The van der Waals surface area contributed by atoms with Crippen LogP contribution in [0.1, 0.15) is 40.0 Å². The standard InChI is InChI=1S/C14H25N3O2/c1-14(2,3)17-8-10(6-12(17)18)13(19)16-7-11(15)9-4-5-9/h9-11H,4-8,15H2,1-3H3,(H,16,19). The number of nitrogens with two attached hydrogens (primary N) is 1. The third-order valence-corrected chi connectivity index (χ3v) is 4.05. The maximum atomic E-state index is 12.1. The van der Waals surface area contributed by atoms with Crippen molar-refractivity contribution in [2.24, 2.45) is 17.6 Å². The number of rotatable bonds is 4. The summed E-state index contributed by atoms with van der Waals surface area (Å²) < 4.78 is 0. The Bertz CT molecular complexity index is 371. The van der Waals surface area contributed by atoms with Gasteiger partial charge in [0, 0.05) is 31.1 Å². The van der Waals surface area contributed by atoms with E-state index >= 15 is 0 Å². The van der Waals surface area contributed by atoms with Gasteiger partial charge in [0.1, 0.15) is 0 Å². The predicted octanol–water partition coefficient (Wildman–Crippen LogP) is 0.487. The van der Waals surface area contributed by atoms with E-state index in [1.165, 1.54) is 12.8 Å². The summed E-state index contributed by atoms with van der Waals surface area (Å²) in [7, 11) is 0. The van der Waals surface area contributed by atoms with Gasteiger partial charge in [0.2, 0.25) is 11.8 Å². The van der Waals surface area contributed by atoms with Gasteiger partial charge in [-0.05, 0) is 39.5 Å². The van der Waals surface area contributed by atoms with Crippen molar-refractivity contribution in [2.45, 2.75) is 51.6 Å². The van der Waals surface area contributed by atoms with E-state index in [4.69, 9.17) is 5.73 Å². The lowest BCUT2D eigenvalue weighted by Crippen LogP contribution is -2.44. The van der Waals surface area contributed by atoms with Crippen LogP contribution in [0.15, 0.2) is 0 Å². The zero-order valence-electron chi connectivity index (χ0n) is 12.1. The van der Waals surface area contributed by atoms with Gasteiger partial charge >= 0.3 is 0 Å². The third-order valence-electron chi connectivity index (χ3n) is 4.05. The second-order valence-corrected chi connectivity index (χ2v) is 6.82. The van der Waals surface area contributed by atoms with Crippen LogP contribution >= 0.6 is 0 Å². The summed E-state index contributed by atoms with van der Waals surface area (Å²) in [5.41, 5.74) is 5.75. The molecule has 1 aliphatic heterocycles. The average molecular weight is 267 g/mol. The first kappa shape index (κ1) is 14.3. The molecule has 0 aromatic rings. The van der Waals surface area contributed by atoms with Crippen LogP contribution in [-0.2, 0) is 9.59 Å². The third kappa shape index (κ3) is 3.47. The topological polar surface area (TPSA) is 75.4 Å². The number of carbonyl (C=O) groups excluding carboxylic acids is 2. The van der Waals surface area contributed by atoms with E-state index in [0.717, 1.165) is 0 Å². The van der Waals surface area contributed by atoms with Crippen molar-refractivity contribution in [3.05, 3.63) is 0 Å². The van der Waals surface area contributed by atoms with Crippen molar-refractivity contribution in [1.82, 2.24) is 10.2 Å². The molecule has 1 saturated carbocycles. The Balaban J connectivity index is 1.82. The largest absolute Gasteiger partial charge is 0.354 e. The van der Waals surface area contributed by atoms with Crippen LogP contribution in [0.5, 0.6) is 0 Å². The van der Waals surface area contributed by atoms with E-state index < -0.39 is 0 Å². The Morgan fingerprint density at radius 3 is 2.58 bits per heavy atom. The number of nitrogens with zero attached hydrogens (tertiary/aromatic N) is 1. The lowest BCUT2D eigenvalue weighted by Gasteiger charge is -2.32. The molecule has 0 spiro atoms. The quantitative estimate of drug-likeness (QED) is 0.778. The molecule has 108 valence electrons. The summed E-state index contributed by atoms with van der Waals surface area (Å²) in [5.74, 6) is 0.394. The Kier molecular flexibility index (Phi) is 3.85. The minimum Gasteiger partial charge on any atom is -0.354 e. The first-order valence-electron chi connectivity index (χ1n) is 7.13. The molecule has 0 aromatic heterocycles. The molecular weight excluding hydrogens is 242 g/mol. The summed E-state index contributed by atoms with van der Waals surface area (Å²) >= 11 is 0. The minimum atomic E-state index is -0.224. The zero-order valence-corrected chi connectivity index (χ0v) is 12.1. The van der Waals surface area contributed by atoms with Crippen LogP contribution in [0.4, 0.5) is 0 Å². The molecule has 1 aliphatic carbocycles. The molecule has 1 heterocycles. The zero-order chi connectivity index (χ0) is 14.2. The average Bonchev–Trinajstić information content (AvgIpc) is 3.07. The molecule has 2 fully saturated rings. The molecule has 2 rings (SSSR count). The Hall–Kier alpha value is -1.10. The Morgan fingerprint density at radius 2 is 2.11 bits per heavy atom. The molecular formula is C14H25N3O2. The van der Waals surface area contributed by atoms with Gasteiger partial charge in [0.15, 0.2) is 0 Å². The van der Waals surface area contributed by atoms with Crippen molar-refractivity contribution < 1.29 is 9.59 Å². The molecule has 2 atom stereocenters. The molecule has 3 N–H and O–H groups in total. The molecule has 5 nitrogen and oxygen atoms in total. The summed E-state index contributed by atoms with van der Waals surface area (Å²) in [6.45, 7) is 7.03. The van der Waals surface area contributed by atoms with Crippen molar-refractivity contribution in [2.75, 3.05) is 13.1 Å². The number of hydrogen-bond donors (Lipinski definition) is 2. The van der Waals surface area contributed by atoms with Crippen molar-refractivity contribution in [3.8, 4) is 0 Å². The van der Waals surface area contributed by atoms with Crippen LogP contribution in [0, 0.1) is 11.8 Å². The minimum absolute atomic E-state index is 0.0313. The van der Waals surface area contributed by atoms with Gasteiger partial charge < -0.3 is 16.0 Å². The first-order valence-corrected chi connectivity index (χ1v) is 7.13. The van der Waals surface area contributed by atoms with Gasteiger partial charge in [-0.3, -0.25) is 9.59 Å². The van der Waals surface area contributed by atoms with E-state index in [2.05, 4.69) is 5.32 Å². The highest BCUT2D eigenvalue weighted by atomic mass is 16.2. The van der Waals surface area contributed by atoms with Crippen molar-refractivity contribution >= 4 is 11.8 Å². The molecule has 2 amide bonds. The second-order valence-electron chi connectivity index (χ2n) is 6.82. The van der Waals surface area contributed by atoms with Crippen LogP contribution in [-0.4, -0.2) is 41.4 Å². The van der Waals surface area contributed by atoms with Gasteiger partial charge in [-0.15, -0.1) is 0 Å². The maximum absolute atomic E-state index is 12.1. The molecule has 0 radical (unpaired) electrons. The molecule has 2 aliphatic rings. The lowest BCUT2D eigenvalue weighted by molar-refractivity contribution is -0.132. The lowest BCUT2D eigenvalue weighted by atomic mass is 10.1. The summed E-state index contributed by atoms with van der Waals surface area (Å²) in [6.07, 6.45) is 2.68. The SMILES string of the molecule is CC(C)(C)N1CC(C(=O)NCC(N)C2CC2)CC1=O. The summed E-state index contributed by atoms with van der Waals surface area (Å²) in [4.78, 5) is 25.8. The second kappa shape index (κ2) is 5.12. The molecule has 19 heavy (non-hydrogen) atoms. The smallest absolute Gasteiger partial charge is 0.225 e. The van der Waals surface area contributed by atoms with Gasteiger partial charge in [-0.1, -0.05) is 0 Å². The summed E-state index contributed by atoms with van der Waals surface area (Å²) in [5, 5.41) is 2.90. The van der Waals surface area contributed by atoms with Gasteiger partial charge in [0.05, 0.1) is 5.92 Å². The Morgan fingerprint density at radius 1 is 1.47 bits per heavy atom. The fourth-order valence-electron chi connectivity index (χ4n) is 2.59. The van der Waals surface area contributed by atoms with Crippen LogP contribution in [0.2, 0.25) is 0 Å². The molecule has 5 heteroatoms. The fraction of sp³-hybridized carbons (Fsp3) is 0.857. The monoisotopic (exact) mass is 267 g/mol. The normalized spacial score (nSPS) is 25.6. The van der Waals surface area contributed by atoms with Crippen LogP contribution < -0.4 is 11.1 Å². The highest BCUT2D eigenvalue weighted by Gasteiger charge is 2.39.